The van der Waals surface area contributed by atoms with Crippen LogP contribution in [0, 0.1) is 0 Å². The van der Waals surface area contributed by atoms with E-state index >= 15 is 0 Å². The minimum Gasteiger partial charge on any atom is -0.236 e. The largest absolute Gasteiger partial charge is 0.260 e. The maximum atomic E-state index is 2.53. The molecule has 0 amide bonds. The molecule has 1 atom stereocenters. The average molecular weight is 333 g/mol. The molecule has 1 heterocycles. The van der Waals surface area contributed by atoms with Gasteiger partial charge in [0.2, 0.25) is 0 Å². The molecule has 1 aromatic heterocycles. The Morgan fingerprint density at radius 3 is 2.24 bits per heavy atom. The van der Waals surface area contributed by atoms with Gasteiger partial charge in [-0.1, -0.05) is 74.5 Å². The second kappa shape index (κ2) is 8.15. The van der Waals surface area contributed by atoms with Gasteiger partial charge >= 0.3 is 0 Å². The molecule has 2 nitrogen and oxygen atoms in total. The van der Waals surface area contributed by atoms with Gasteiger partial charge in [0.1, 0.15) is 11.9 Å². The van der Waals surface area contributed by atoms with Gasteiger partial charge in [-0.15, -0.1) is 0 Å². The highest BCUT2D eigenvalue weighted by Crippen LogP contribution is 2.20. The van der Waals surface area contributed by atoms with Crippen LogP contribution in [-0.4, -0.2) is 4.57 Å². The van der Waals surface area contributed by atoms with Gasteiger partial charge in [0.25, 0.3) is 5.82 Å². The fourth-order valence-corrected chi connectivity index (χ4v) is 3.59. The molecule has 130 valence electrons. The van der Waals surface area contributed by atoms with Crippen molar-refractivity contribution in [2.45, 2.75) is 45.6 Å². The lowest BCUT2D eigenvalue weighted by atomic mass is 9.96. The lowest BCUT2D eigenvalue weighted by molar-refractivity contribution is -0.710. The van der Waals surface area contributed by atoms with Gasteiger partial charge in [-0.05, 0) is 23.5 Å². The third kappa shape index (κ3) is 4.19. The quantitative estimate of drug-likeness (QED) is 0.556. The van der Waals surface area contributed by atoms with Crippen LogP contribution in [-0.2, 0) is 26.4 Å². The summed E-state index contributed by atoms with van der Waals surface area (Å²) in [6, 6.07) is 21.6. The van der Waals surface area contributed by atoms with Gasteiger partial charge in [-0.3, -0.25) is 0 Å². The Hall–Kier alpha value is -2.35. The van der Waals surface area contributed by atoms with E-state index in [0.717, 1.165) is 25.8 Å². The van der Waals surface area contributed by atoms with Gasteiger partial charge in [0.15, 0.2) is 0 Å². The van der Waals surface area contributed by atoms with E-state index < -0.39 is 0 Å². The number of rotatable bonds is 7. The number of hydrogen-bond donors (Lipinski definition) is 0. The molecular formula is C23H29N2+. The zero-order valence-corrected chi connectivity index (χ0v) is 15.7. The molecule has 2 heteroatoms. The van der Waals surface area contributed by atoms with Crippen LogP contribution in [0.1, 0.15) is 48.8 Å². The van der Waals surface area contributed by atoms with Crippen LogP contribution in [0.15, 0.2) is 66.9 Å². The highest BCUT2D eigenvalue weighted by atomic mass is 15.1. The molecular weight excluding hydrogens is 304 g/mol. The average Bonchev–Trinajstić information content (AvgIpc) is 2.92. The van der Waals surface area contributed by atoms with Crippen LogP contribution in [0.5, 0.6) is 0 Å². The Bertz CT molecular complexity index is 788. The lowest BCUT2D eigenvalue weighted by Crippen LogP contribution is -2.41. The molecule has 0 aliphatic rings. The number of nitrogens with zero attached hydrogens (tertiary/aromatic N) is 2. The van der Waals surface area contributed by atoms with Crippen molar-refractivity contribution < 1.29 is 4.57 Å². The number of aromatic nitrogens is 2. The first kappa shape index (κ1) is 17.5. The highest BCUT2D eigenvalue weighted by molar-refractivity contribution is 5.21. The standard InChI is InChI=1S/C23H29N2/c1-4-15-25-22(16-19(2)21-13-9-6-10-14-21)18-24(3)23(25)17-20-11-7-5-8-12-20/h5-14,18-19H,4,15-17H2,1-3H3/q+1. The third-order valence-electron chi connectivity index (χ3n) is 4.94. The molecule has 0 fully saturated rings. The monoisotopic (exact) mass is 333 g/mol. The summed E-state index contributed by atoms with van der Waals surface area (Å²) in [7, 11) is 2.18. The maximum Gasteiger partial charge on any atom is 0.260 e. The predicted octanol–water partition coefficient (Wildman–Crippen LogP) is 4.66. The minimum atomic E-state index is 0.524. The van der Waals surface area contributed by atoms with Gasteiger partial charge in [-0.25, -0.2) is 9.13 Å². The van der Waals surface area contributed by atoms with Gasteiger partial charge < -0.3 is 0 Å². The van der Waals surface area contributed by atoms with Crippen LogP contribution < -0.4 is 4.57 Å². The van der Waals surface area contributed by atoms with E-state index in [4.69, 9.17) is 0 Å². The van der Waals surface area contributed by atoms with Crippen molar-refractivity contribution in [3.63, 3.8) is 0 Å². The number of benzene rings is 2. The Morgan fingerprint density at radius 1 is 0.960 bits per heavy atom. The number of hydrogen-bond acceptors (Lipinski definition) is 0. The second-order valence-electron chi connectivity index (χ2n) is 6.98. The first-order chi connectivity index (χ1) is 12.2. The highest BCUT2D eigenvalue weighted by Gasteiger charge is 2.22. The molecule has 0 aliphatic carbocycles. The zero-order valence-electron chi connectivity index (χ0n) is 15.7. The van der Waals surface area contributed by atoms with Gasteiger partial charge in [-0.2, -0.15) is 0 Å². The molecule has 0 aliphatic heterocycles. The van der Waals surface area contributed by atoms with E-state index in [1.165, 1.54) is 22.6 Å². The molecule has 25 heavy (non-hydrogen) atoms. The smallest absolute Gasteiger partial charge is 0.236 e. The number of aryl methyl sites for hydroxylation is 1. The normalized spacial score (nSPS) is 12.3. The van der Waals surface area contributed by atoms with Crippen LogP contribution in [0.25, 0.3) is 0 Å². The van der Waals surface area contributed by atoms with Gasteiger partial charge in [0.05, 0.1) is 20.0 Å². The summed E-state index contributed by atoms with van der Waals surface area (Å²) in [5.74, 6) is 1.92. The molecule has 0 radical (unpaired) electrons. The summed E-state index contributed by atoms with van der Waals surface area (Å²) < 4.78 is 4.85. The second-order valence-corrected chi connectivity index (χ2v) is 6.98. The molecule has 0 N–H and O–H groups in total. The Balaban J connectivity index is 1.88. The van der Waals surface area contributed by atoms with Crippen molar-refractivity contribution in [1.82, 2.24) is 4.57 Å². The fourth-order valence-electron chi connectivity index (χ4n) is 3.59. The van der Waals surface area contributed by atoms with E-state index in [-0.39, 0.29) is 0 Å². The molecule has 1 unspecified atom stereocenters. The maximum absolute atomic E-state index is 2.53. The van der Waals surface area contributed by atoms with E-state index in [1.54, 1.807) is 0 Å². The Labute approximate surface area is 151 Å². The first-order valence-corrected chi connectivity index (χ1v) is 9.34. The van der Waals surface area contributed by atoms with E-state index in [0.29, 0.717) is 5.92 Å². The zero-order chi connectivity index (χ0) is 17.6. The van der Waals surface area contributed by atoms with Crippen molar-refractivity contribution in [3.05, 3.63) is 89.5 Å². The van der Waals surface area contributed by atoms with Crippen molar-refractivity contribution >= 4 is 0 Å². The van der Waals surface area contributed by atoms with Crippen LogP contribution >= 0.6 is 0 Å². The molecule has 0 saturated carbocycles. The topological polar surface area (TPSA) is 8.81 Å². The Morgan fingerprint density at radius 2 is 1.60 bits per heavy atom. The van der Waals surface area contributed by atoms with Crippen LogP contribution in [0.3, 0.4) is 0 Å². The third-order valence-corrected chi connectivity index (χ3v) is 4.94. The van der Waals surface area contributed by atoms with Crippen molar-refractivity contribution in [2.24, 2.45) is 7.05 Å². The molecule has 0 bridgehead atoms. The van der Waals surface area contributed by atoms with Crippen LogP contribution in [0.4, 0.5) is 0 Å². The minimum absolute atomic E-state index is 0.524. The van der Waals surface area contributed by atoms with Gasteiger partial charge in [0, 0.05) is 6.42 Å². The summed E-state index contributed by atoms with van der Waals surface area (Å²) in [6.07, 6.45) is 5.54. The van der Waals surface area contributed by atoms with E-state index in [2.05, 4.69) is 96.9 Å². The molecule has 2 aromatic carbocycles. The molecule has 3 rings (SSSR count). The summed E-state index contributed by atoms with van der Waals surface area (Å²) in [5.41, 5.74) is 4.22. The van der Waals surface area contributed by atoms with Crippen molar-refractivity contribution in [2.75, 3.05) is 0 Å². The van der Waals surface area contributed by atoms with E-state index in [9.17, 15) is 0 Å². The fraction of sp³-hybridized carbons (Fsp3) is 0.348. The summed E-state index contributed by atoms with van der Waals surface area (Å²) in [6.45, 7) is 5.67. The van der Waals surface area contributed by atoms with Crippen molar-refractivity contribution in [1.29, 1.82) is 0 Å². The Kier molecular flexibility index (Phi) is 5.70. The summed E-state index contributed by atoms with van der Waals surface area (Å²) in [5, 5.41) is 0. The molecule has 0 saturated heterocycles. The SMILES string of the molecule is CCC[n+]1c(CC(C)c2ccccc2)cn(C)c1Cc1ccccc1. The summed E-state index contributed by atoms with van der Waals surface area (Å²) >= 11 is 0. The van der Waals surface area contributed by atoms with E-state index in [1.807, 2.05) is 0 Å². The number of imidazole rings is 1. The lowest BCUT2D eigenvalue weighted by Gasteiger charge is -2.11. The first-order valence-electron chi connectivity index (χ1n) is 9.34. The molecule has 3 aromatic rings. The van der Waals surface area contributed by atoms with Crippen LogP contribution in [0.2, 0.25) is 0 Å². The van der Waals surface area contributed by atoms with Crippen molar-refractivity contribution in [3.8, 4) is 0 Å². The molecule has 0 spiro atoms. The predicted molar refractivity (Wildman–Crippen MR) is 104 cm³/mol. The summed E-state index contributed by atoms with van der Waals surface area (Å²) in [4.78, 5) is 0.